The second kappa shape index (κ2) is 4.20. The minimum atomic E-state index is -4.93. The Morgan fingerprint density at radius 2 is 1.53 bits per heavy atom. The summed E-state index contributed by atoms with van der Waals surface area (Å²) in [5, 5.41) is 9.51. The van der Waals surface area contributed by atoms with Gasteiger partial charge >= 0.3 is 6.18 Å². The number of hydrogen-bond donors (Lipinski definition) is 1. The van der Waals surface area contributed by atoms with Crippen molar-refractivity contribution in [3.8, 4) is 0 Å². The highest BCUT2D eigenvalue weighted by Crippen LogP contribution is 2.44. The predicted octanol–water partition coefficient (Wildman–Crippen LogP) is 3.24. The smallest absolute Gasteiger partial charge is 0.374 e. The molecule has 0 aliphatic rings. The summed E-state index contributed by atoms with van der Waals surface area (Å²) < 4.78 is 37.9. The first kappa shape index (κ1) is 12.6. The summed E-state index contributed by atoms with van der Waals surface area (Å²) in [5.74, 6) is 0. The third-order valence-corrected chi connectivity index (χ3v) is 2.59. The highest BCUT2D eigenvalue weighted by atomic mass is 35.5. The SMILES string of the molecule is OC(c1ccccc1)(C(Cl)Cl)C(F)(F)F. The molecule has 1 unspecified atom stereocenters. The second-order valence-electron chi connectivity index (χ2n) is 2.93. The van der Waals surface area contributed by atoms with E-state index >= 15 is 0 Å². The van der Waals surface area contributed by atoms with Crippen molar-refractivity contribution in [2.24, 2.45) is 0 Å². The monoisotopic (exact) mass is 258 g/mol. The first-order valence-electron chi connectivity index (χ1n) is 3.93. The Hall–Kier alpha value is -0.450. The van der Waals surface area contributed by atoms with Crippen LogP contribution >= 0.6 is 23.2 Å². The first-order valence-corrected chi connectivity index (χ1v) is 4.80. The molecule has 84 valence electrons. The highest BCUT2D eigenvalue weighted by molar-refractivity contribution is 6.45. The molecule has 0 radical (unpaired) electrons. The number of benzene rings is 1. The fraction of sp³-hybridized carbons (Fsp3) is 0.333. The van der Waals surface area contributed by atoms with Crippen LogP contribution in [0.3, 0.4) is 0 Å². The van der Waals surface area contributed by atoms with Crippen LogP contribution in [0, 0.1) is 0 Å². The van der Waals surface area contributed by atoms with Crippen LogP contribution in [-0.2, 0) is 5.60 Å². The molecule has 15 heavy (non-hydrogen) atoms. The third kappa shape index (κ3) is 2.22. The van der Waals surface area contributed by atoms with Crippen molar-refractivity contribution in [2.75, 3.05) is 0 Å². The van der Waals surface area contributed by atoms with E-state index in [1.165, 1.54) is 18.2 Å². The summed E-state index contributed by atoms with van der Waals surface area (Å²) in [6.07, 6.45) is -4.93. The summed E-state index contributed by atoms with van der Waals surface area (Å²) in [6.45, 7) is 0. The second-order valence-corrected chi connectivity index (χ2v) is 4.03. The van der Waals surface area contributed by atoms with E-state index in [0.717, 1.165) is 12.1 Å². The Labute approximate surface area is 94.4 Å². The zero-order chi connectivity index (χ0) is 11.7. The zero-order valence-corrected chi connectivity index (χ0v) is 8.81. The van der Waals surface area contributed by atoms with E-state index in [9.17, 15) is 18.3 Å². The number of hydrogen-bond acceptors (Lipinski definition) is 1. The molecular formula is C9H7Cl2F3O. The minimum absolute atomic E-state index is 0.382. The largest absolute Gasteiger partial charge is 0.424 e. The molecule has 1 N–H and O–H groups in total. The molecule has 6 heteroatoms. The van der Waals surface area contributed by atoms with Gasteiger partial charge in [-0.2, -0.15) is 13.2 Å². The van der Waals surface area contributed by atoms with E-state index < -0.39 is 16.6 Å². The molecule has 1 aromatic carbocycles. The molecule has 0 amide bonds. The average Bonchev–Trinajstić information content (AvgIpc) is 2.16. The standard InChI is InChI=1S/C9H7Cl2F3O/c10-7(11)8(15,9(12,13)14)6-4-2-1-3-5-6/h1-5,7,15H. The molecule has 1 nitrogen and oxygen atoms in total. The van der Waals surface area contributed by atoms with Gasteiger partial charge in [-0.3, -0.25) is 0 Å². The Morgan fingerprint density at radius 1 is 1.07 bits per heavy atom. The maximum atomic E-state index is 12.6. The molecule has 0 aromatic heterocycles. The van der Waals surface area contributed by atoms with Gasteiger partial charge in [0.25, 0.3) is 0 Å². The predicted molar refractivity (Wildman–Crippen MR) is 51.9 cm³/mol. The summed E-state index contributed by atoms with van der Waals surface area (Å²) >= 11 is 10.4. The van der Waals surface area contributed by atoms with E-state index in [2.05, 4.69) is 0 Å². The van der Waals surface area contributed by atoms with Gasteiger partial charge in [0.05, 0.1) is 0 Å². The summed E-state index contributed by atoms with van der Waals surface area (Å²) in [6, 6.07) is 6.48. The lowest BCUT2D eigenvalue weighted by atomic mass is 9.95. The van der Waals surface area contributed by atoms with Crippen molar-refractivity contribution in [3.05, 3.63) is 35.9 Å². The van der Waals surface area contributed by atoms with Gasteiger partial charge < -0.3 is 5.11 Å². The number of rotatable bonds is 2. The van der Waals surface area contributed by atoms with Crippen LogP contribution in [0.2, 0.25) is 0 Å². The number of alkyl halides is 5. The van der Waals surface area contributed by atoms with E-state index in [0.29, 0.717) is 0 Å². The average molecular weight is 259 g/mol. The van der Waals surface area contributed by atoms with E-state index in [-0.39, 0.29) is 5.56 Å². The quantitative estimate of drug-likeness (QED) is 0.808. The Kier molecular flexibility index (Phi) is 3.53. The molecule has 0 heterocycles. The topological polar surface area (TPSA) is 20.2 Å². The molecule has 0 saturated heterocycles. The van der Waals surface area contributed by atoms with Gasteiger partial charge in [-0.25, -0.2) is 0 Å². The molecule has 1 aromatic rings. The van der Waals surface area contributed by atoms with Crippen LogP contribution in [0.1, 0.15) is 5.56 Å². The van der Waals surface area contributed by atoms with Gasteiger partial charge in [0.1, 0.15) is 4.84 Å². The van der Waals surface area contributed by atoms with Gasteiger partial charge in [0, 0.05) is 0 Å². The number of halogens is 5. The van der Waals surface area contributed by atoms with Crippen molar-refractivity contribution in [1.82, 2.24) is 0 Å². The van der Waals surface area contributed by atoms with E-state index in [1.54, 1.807) is 0 Å². The molecule has 0 bridgehead atoms. The van der Waals surface area contributed by atoms with Crippen LogP contribution in [0.5, 0.6) is 0 Å². The zero-order valence-electron chi connectivity index (χ0n) is 7.30. The maximum Gasteiger partial charge on any atom is 0.424 e. The van der Waals surface area contributed by atoms with Gasteiger partial charge in [0.15, 0.2) is 0 Å². The van der Waals surface area contributed by atoms with Crippen LogP contribution in [0.15, 0.2) is 30.3 Å². The van der Waals surface area contributed by atoms with E-state index in [1.807, 2.05) is 0 Å². The van der Waals surface area contributed by atoms with Crippen molar-refractivity contribution < 1.29 is 18.3 Å². The maximum absolute atomic E-state index is 12.6. The lowest BCUT2D eigenvalue weighted by molar-refractivity contribution is -0.261. The van der Waals surface area contributed by atoms with Crippen LogP contribution in [-0.4, -0.2) is 16.1 Å². The lowest BCUT2D eigenvalue weighted by Crippen LogP contribution is -2.47. The fourth-order valence-electron chi connectivity index (χ4n) is 1.11. The third-order valence-electron chi connectivity index (χ3n) is 1.96. The molecule has 0 fully saturated rings. The molecule has 0 saturated carbocycles. The van der Waals surface area contributed by atoms with Crippen molar-refractivity contribution in [1.29, 1.82) is 0 Å². The summed E-state index contributed by atoms with van der Waals surface area (Å²) in [4.78, 5) is -1.99. The number of aliphatic hydroxyl groups is 1. The van der Waals surface area contributed by atoms with Crippen molar-refractivity contribution >= 4 is 23.2 Å². The van der Waals surface area contributed by atoms with Gasteiger partial charge in [0.2, 0.25) is 5.60 Å². The Bertz CT molecular complexity index is 326. The van der Waals surface area contributed by atoms with E-state index in [4.69, 9.17) is 23.2 Å². The molecule has 1 rings (SSSR count). The summed E-state index contributed by atoms with van der Waals surface area (Å²) in [5.41, 5.74) is -3.62. The minimum Gasteiger partial charge on any atom is -0.374 e. The fourth-order valence-corrected chi connectivity index (χ4v) is 1.61. The molecule has 0 aliphatic carbocycles. The highest BCUT2D eigenvalue weighted by Gasteiger charge is 2.59. The van der Waals surface area contributed by atoms with Gasteiger partial charge in [-0.1, -0.05) is 30.3 Å². The van der Waals surface area contributed by atoms with Gasteiger partial charge in [-0.05, 0) is 5.56 Å². The molecule has 0 spiro atoms. The molecule has 0 aliphatic heterocycles. The van der Waals surface area contributed by atoms with Crippen LogP contribution < -0.4 is 0 Å². The molecule has 1 atom stereocenters. The Morgan fingerprint density at radius 3 is 1.87 bits per heavy atom. The van der Waals surface area contributed by atoms with Crippen LogP contribution in [0.25, 0.3) is 0 Å². The van der Waals surface area contributed by atoms with Crippen molar-refractivity contribution in [2.45, 2.75) is 16.6 Å². The van der Waals surface area contributed by atoms with Gasteiger partial charge in [-0.15, -0.1) is 23.2 Å². The summed E-state index contributed by atoms with van der Waals surface area (Å²) in [7, 11) is 0. The Balaban J connectivity index is 3.26. The van der Waals surface area contributed by atoms with Crippen molar-refractivity contribution in [3.63, 3.8) is 0 Å². The first-order chi connectivity index (χ1) is 6.80. The molecular weight excluding hydrogens is 252 g/mol. The van der Waals surface area contributed by atoms with Crippen LogP contribution in [0.4, 0.5) is 13.2 Å². The lowest BCUT2D eigenvalue weighted by Gasteiger charge is -2.31. The normalized spacial score (nSPS) is 16.5.